The average Bonchev–Trinajstić information content (AvgIpc) is 2.99. The lowest BCUT2D eigenvalue weighted by atomic mass is 9.67. The summed E-state index contributed by atoms with van der Waals surface area (Å²) in [5, 5.41) is 17.6. The SMILES string of the molecule is Cn1cc(C(C)(O)CNC(=O)C2CCC3CCCCC3C2)cn1. The Morgan fingerprint density at radius 2 is 2.09 bits per heavy atom. The largest absolute Gasteiger partial charge is 0.383 e. The lowest BCUT2D eigenvalue weighted by molar-refractivity contribution is -0.128. The lowest BCUT2D eigenvalue weighted by Gasteiger charge is -2.39. The topological polar surface area (TPSA) is 67.2 Å². The first-order chi connectivity index (χ1) is 11.0. The molecule has 4 atom stereocenters. The summed E-state index contributed by atoms with van der Waals surface area (Å²) < 4.78 is 1.66. The highest BCUT2D eigenvalue weighted by Gasteiger charge is 2.35. The summed E-state index contributed by atoms with van der Waals surface area (Å²) >= 11 is 0. The summed E-state index contributed by atoms with van der Waals surface area (Å²) in [5.41, 5.74) is -0.345. The van der Waals surface area contributed by atoms with Gasteiger partial charge in [-0.3, -0.25) is 9.48 Å². The van der Waals surface area contributed by atoms with E-state index >= 15 is 0 Å². The third-order valence-corrected chi connectivity index (χ3v) is 5.84. The van der Waals surface area contributed by atoms with Gasteiger partial charge in [-0.25, -0.2) is 0 Å². The van der Waals surface area contributed by atoms with E-state index < -0.39 is 5.60 Å². The molecular weight excluding hydrogens is 290 g/mol. The van der Waals surface area contributed by atoms with Crippen LogP contribution in [-0.2, 0) is 17.4 Å². The van der Waals surface area contributed by atoms with Crippen molar-refractivity contribution in [1.29, 1.82) is 0 Å². The van der Waals surface area contributed by atoms with Crippen molar-refractivity contribution < 1.29 is 9.90 Å². The van der Waals surface area contributed by atoms with E-state index in [0.29, 0.717) is 0 Å². The van der Waals surface area contributed by atoms with Crippen LogP contribution in [0, 0.1) is 17.8 Å². The van der Waals surface area contributed by atoms with Gasteiger partial charge in [-0.05, 0) is 38.0 Å². The van der Waals surface area contributed by atoms with Crippen molar-refractivity contribution in [2.45, 2.75) is 57.5 Å². The van der Waals surface area contributed by atoms with E-state index in [9.17, 15) is 9.90 Å². The molecule has 0 saturated heterocycles. The van der Waals surface area contributed by atoms with Crippen LogP contribution in [0.25, 0.3) is 0 Å². The highest BCUT2D eigenvalue weighted by atomic mass is 16.3. The van der Waals surface area contributed by atoms with Crippen LogP contribution >= 0.6 is 0 Å². The van der Waals surface area contributed by atoms with Crippen LogP contribution in [0.2, 0.25) is 0 Å². The van der Waals surface area contributed by atoms with Gasteiger partial charge in [0.1, 0.15) is 5.60 Å². The maximum Gasteiger partial charge on any atom is 0.223 e. The minimum absolute atomic E-state index is 0.109. The van der Waals surface area contributed by atoms with Crippen LogP contribution in [0.1, 0.15) is 57.4 Å². The third-order valence-electron chi connectivity index (χ3n) is 5.84. The van der Waals surface area contributed by atoms with Gasteiger partial charge >= 0.3 is 0 Å². The molecule has 1 amide bonds. The highest BCUT2D eigenvalue weighted by molar-refractivity contribution is 5.78. The van der Waals surface area contributed by atoms with Crippen LogP contribution in [-0.4, -0.2) is 27.3 Å². The highest BCUT2D eigenvalue weighted by Crippen LogP contribution is 2.42. The molecule has 1 heterocycles. The molecule has 0 radical (unpaired) electrons. The number of nitrogens with one attached hydrogen (secondary N) is 1. The summed E-state index contributed by atoms with van der Waals surface area (Å²) in [6.07, 6.45) is 12.0. The van der Waals surface area contributed by atoms with Gasteiger partial charge in [0.15, 0.2) is 0 Å². The summed E-state index contributed by atoms with van der Waals surface area (Å²) in [5.74, 6) is 1.83. The van der Waals surface area contributed by atoms with Crippen molar-refractivity contribution in [2.75, 3.05) is 6.54 Å². The fourth-order valence-electron chi connectivity index (χ4n) is 4.32. The monoisotopic (exact) mass is 319 g/mol. The minimum atomic E-state index is -1.08. The number of amides is 1. The number of carbonyl (C=O) groups is 1. The number of aromatic nitrogens is 2. The van der Waals surface area contributed by atoms with E-state index in [-0.39, 0.29) is 18.4 Å². The molecule has 1 aromatic rings. The fraction of sp³-hybridized carbons (Fsp3) is 0.778. The molecule has 2 saturated carbocycles. The second-order valence-electron chi connectivity index (χ2n) is 7.71. The molecule has 2 aliphatic carbocycles. The van der Waals surface area contributed by atoms with Gasteiger partial charge < -0.3 is 10.4 Å². The Kier molecular flexibility index (Phi) is 4.76. The smallest absolute Gasteiger partial charge is 0.223 e. The second-order valence-corrected chi connectivity index (χ2v) is 7.71. The number of hydrogen-bond acceptors (Lipinski definition) is 3. The number of hydrogen-bond donors (Lipinski definition) is 2. The molecule has 0 aliphatic heterocycles. The van der Waals surface area contributed by atoms with Crippen molar-refractivity contribution in [3.8, 4) is 0 Å². The minimum Gasteiger partial charge on any atom is -0.383 e. The Balaban J connectivity index is 1.53. The molecule has 23 heavy (non-hydrogen) atoms. The van der Waals surface area contributed by atoms with Crippen LogP contribution in [0.3, 0.4) is 0 Å². The van der Waals surface area contributed by atoms with Crippen LogP contribution in [0.5, 0.6) is 0 Å². The van der Waals surface area contributed by atoms with E-state index in [0.717, 1.165) is 30.2 Å². The predicted octanol–water partition coefficient (Wildman–Crippen LogP) is 2.35. The molecule has 0 spiro atoms. The van der Waals surface area contributed by atoms with Gasteiger partial charge in [0.25, 0.3) is 0 Å². The number of aliphatic hydroxyl groups is 1. The quantitative estimate of drug-likeness (QED) is 0.895. The van der Waals surface area contributed by atoms with Crippen LogP contribution in [0.4, 0.5) is 0 Å². The van der Waals surface area contributed by atoms with Gasteiger partial charge in [-0.1, -0.05) is 25.7 Å². The molecule has 128 valence electrons. The first kappa shape index (κ1) is 16.5. The molecular formula is C18H29N3O2. The second kappa shape index (κ2) is 6.63. The van der Waals surface area contributed by atoms with E-state index in [1.54, 1.807) is 24.0 Å². The Morgan fingerprint density at radius 3 is 2.78 bits per heavy atom. The summed E-state index contributed by atoms with van der Waals surface area (Å²) in [6.45, 7) is 1.96. The van der Waals surface area contributed by atoms with Crippen molar-refractivity contribution in [3.05, 3.63) is 18.0 Å². The molecule has 2 fully saturated rings. The Bertz CT molecular complexity index is 552. The van der Waals surface area contributed by atoms with Crippen molar-refractivity contribution in [3.63, 3.8) is 0 Å². The van der Waals surface area contributed by atoms with E-state index in [1.165, 1.54) is 32.1 Å². The zero-order chi connectivity index (χ0) is 16.4. The average molecular weight is 319 g/mol. The zero-order valence-electron chi connectivity index (χ0n) is 14.3. The van der Waals surface area contributed by atoms with E-state index in [2.05, 4.69) is 10.4 Å². The molecule has 0 bridgehead atoms. The number of rotatable bonds is 4. The third kappa shape index (κ3) is 3.77. The zero-order valence-corrected chi connectivity index (χ0v) is 14.3. The van der Waals surface area contributed by atoms with Gasteiger partial charge in [-0.2, -0.15) is 5.10 Å². The first-order valence-electron chi connectivity index (χ1n) is 8.95. The van der Waals surface area contributed by atoms with Gasteiger partial charge in [-0.15, -0.1) is 0 Å². The summed E-state index contributed by atoms with van der Waals surface area (Å²) in [7, 11) is 1.82. The maximum absolute atomic E-state index is 12.5. The number of carbonyl (C=O) groups excluding carboxylic acids is 1. The molecule has 1 aromatic heterocycles. The lowest BCUT2D eigenvalue weighted by Crippen LogP contribution is -2.43. The molecule has 5 heteroatoms. The Hall–Kier alpha value is -1.36. The molecule has 3 rings (SSSR count). The van der Waals surface area contributed by atoms with Gasteiger partial charge in [0.2, 0.25) is 5.91 Å². The standard InChI is InChI=1S/C18H29N3O2/c1-18(23,16-10-20-21(2)11-16)12-19-17(22)15-8-7-13-5-3-4-6-14(13)9-15/h10-11,13-15,23H,3-9,12H2,1-2H3,(H,19,22). The first-order valence-corrected chi connectivity index (χ1v) is 8.95. The van der Waals surface area contributed by atoms with Gasteiger partial charge in [0.05, 0.1) is 12.7 Å². The number of fused-ring (bicyclic) bond motifs is 1. The maximum atomic E-state index is 12.5. The number of aryl methyl sites for hydroxylation is 1. The molecule has 2 N–H and O–H groups in total. The van der Waals surface area contributed by atoms with E-state index in [4.69, 9.17) is 0 Å². The molecule has 5 nitrogen and oxygen atoms in total. The van der Waals surface area contributed by atoms with Crippen molar-refractivity contribution >= 4 is 5.91 Å². The normalized spacial score (nSPS) is 30.3. The summed E-state index contributed by atoms with van der Waals surface area (Å²) in [6, 6.07) is 0. The Labute approximate surface area is 138 Å². The predicted molar refractivity (Wildman–Crippen MR) is 88.6 cm³/mol. The van der Waals surface area contributed by atoms with Gasteiger partial charge in [0, 0.05) is 24.7 Å². The number of nitrogens with zero attached hydrogens (tertiary/aromatic N) is 2. The fourth-order valence-corrected chi connectivity index (χ4v) is 4.32. The van der Waals surface area contributed by atoms with Crippen molar-refractivity contribution in [2.24, 2.45) is 24.8 Å². The summed E-state index contributed by atoms with van der Waals surface area (Å²) in [4.78, 5) is 12.5. The molecule has 2 aliphatic rings. The van der Waals surface area contributed by atoms with Crippen LogP contribution < -0.4 is 5.32 Å². The molecule has 4 unspecified atom stereocenters. The molecule has 0 aromatic carbocycles. The van der Waals surface area contributed by atoms with Crippen LogP contribution in [0.15, 0.2) is 12.4 Å². The van der Waals surface area contributed by atoms with Crippen molar-refractivity contribution in [1.82, 2.24) is 15.1 Å². The Morgan fingerprint density at radius 1 is 1.35 bits per heavy atom. The van der Waals surface area contributed by atoms with E-state index in [1.807, 2.05) is 7.05 Å².